The van der Waals surface area contributed by atoms with Gasteiger partial charge >= 0.3 is 0 Å². The molecule has 3 aromatic rings. The third kappa shape index (κ3) is 5.28. The van der Waals surface area contributed by atoms with Crippen LogP contribution in [-0.4, -0.2) is 45.9 Å². The second-order valence-electron chi connectivity index (χ2n) is 9.35. The van der Waals surface area contributed by atoms with Crippen molar-refractivity contribution in [2.45, 2.75) is 45.6 Å². The molecular weight excluding hydrogens is 410 g/mol. The number of aromatic nitrogens is 3. The van der Waals surface area contributed by atoms with Crippen molar-refractivity contribution in [3.8, 4) is 11.1 Å². The lowest BCUT2D eigenvalue weighted by Crippen LogP contribution is -2.52. The topological polar surface area (TPSA) is 71.0 Å². The van der Waals surface area contributed by atoms with Crippen molar-refractivity contribution in [1.82, 2.24) is 25.2 Å². The van der Waals surface area contributed by atoms with E-state index in [9.17, 15) is 4.79 Å². The van der Waals surface area contributed by atoms with Crippen LogP contribution in [0.3, 0.4) is 0 Å². The fourth-order valence-electron chi connectivity index (χ4n) is 4.88. The van der Waals surface area contributed by atoms with E-state index in [1.807, 2.05) is 30.7 Å². The lowest BCUT2D eigenvalue weighted by Gasteiger charge is -2.42. The monoisotopic (exact) mass is 443 g/mol. The molecule has 4 rings (SSSR count). The number of likely N-dealkylation sites (tertiary alicyclic amines) is 1. The van der Waals surface area contributed by atoms with E-state index in [-0.39, 0.29) is 5.91 Å². The SMILES string of the molecule is CNC(=O)[C@]1(Cc2ccccc2-c2cccnc2)CCCN(Cc2cnc(C(C)C)nc2)C1. The van der Waals surface area contributed by atoms with Crippen LogP contribution in [0.1, 0.15) is 49.6 Å². The Morgan fingerprint density at radius 2 is 1.91 bits per heavy atom. The normalized spacial score (nSPS) is 18.9. The second-order valence-corrected chi connectivity index (χ2v) is 9.35. The molecule has 6 heteroatoms. The van der Waals surface area contributed by atoms with E-state index >= 15 is 0 Å². The second kappa shape index (κ2) is 10.2. The van der Waals surface area contributed by atoms with Crippen LogP contribution in [0.25, 0.3) is 11.1 Å². The Bertz CT molecular complexity index is 1070. The molecule has 1 aromatic carbocycles. The molecule has 0 saturated carbocycles. The Labute approximate surface area is 196 Å². The number of amides is 1. The van der Waals surface area contributed by atoms with Gasteiger partial charge in [0.1, 0.15) is 5.82 Å². The molecule has 1 amide bonds. The van der Waals surface area contributed by atoms with Crippen LogP contribution in [-0.2, 0) is 17.8 Å². The average molecular weight is 444 g/mol. The third-order valence-corrected chi connectivity index (χ3v) is 6.53. The molecule has 0 unspecified atom stereocenters. The van der Waals surface area contributed by atoms with E-state index in [1.54, 1.807) is 13.2 Å². The molecule has 1 N–H and O–H groups in total. The van der Waals surface area contributed by atoms with Gasteiger partial charge in [0.25, 0.3) is 0 Å². The molecule has 0 bridgehead atoms. The largest absolute Gasteiger partial charge is 0.359 e. The molecule has 1 aliphatic heterocycles. The Kier molecular flexibility index (Phi) is 7.14. The quantitative estimate of drug-likeness (QED) is 0.592. The molecule has 0 aliphatic carbocycles. The molecule has 1 atom stereocenters. The van der Waals surface area contributed by atoms with Crippen LogP contribution in [0.5, 0.6) is 0 Å². The summed E-state index contributed by atoms with van der Waals surface area (Å²) in [6, 6.07) is 12.4. The minimum Gasteiger partial charge on any atom is -0.359 e. The summed E-state index contributed by atoms with van der Waals surface area (Å²) >= 11 is 0. The summed E-state index contributed by atoms with van der Waals surface area (Å²) in [5.74, 6) is 1.29. The van der Waals surface area contributed by atoms with Gasteiger partial charge in [0.2, 0.25) is 5.91 Å². The average Bonchev–Trinajstić information content (AvgIpc) is 2.85. The number of carbonyl (C=O) groups excluding carboxylic acids is 1. The fourth-order valence-corrected chi connectivity index (χ4v) is 4.88. The lowest BCUT2D eigenvalue weighted by atomic mass is 9.73. The zero-order valence-corrected chi connectivity index (χ0v) is 19.8. The van der Waals surface area contributed by atoms with Gasteiger partial charge in [-0.05, 0) is 43.0 Å². The smallest absolute Gasteiger partial charge is 0.227 e. The zero-order valence-electron chi connectivity index (χ0n) is 19.8. The first kappa shape index (κ1) is 23.1. The number of nitrogens with zero attached hydrogens (tertiary/aromatic N) is 4. The summed E-state index contributed by atoms with van der Waals surface area (Å²) in [5.41, 5.74) is 4.01. The maximum Gasteiger partial charge on any atom is 0.227 e. The van der Waals surface area contributed by atoms with Crippen molar-refractivity contribution in [1.29, 1.82) is 0 Å². The maximum atomic E-state index is 13.3. The molecule has 6 nitrogen and oxygen atoms in total. The number of piperidine rings is 1. The van der Waals surface area contributed by atoms with E-state index in [0.717, 1.165) is 48.4 Å². The van der Waals surface area contributed by atoms with Crippen molar-refractivity contribution in [3.63, 3.8) is 0 Å². The molecule has 0 radical (unpaired) electrons. The molecule has 2 aromatic heterocycles. The highest BCUT2D eigenvalue weighted by molar-refractivity contribution is 5.83. The van der Waals surface area contributed by atoms with Crippen LogP contribution < -0.4 is 5.32 Å². The molecule has 33 heavy (non-hydrogen) atoms. The Morgan fingerprint density at radius 1 is 1.12 bits per heavy atom. The van der Waals surface area contributed by atoms with Crippen LogP contribution in [0.4, 0.5) is 0 Å². The van der Waals surface area contributed by atoms with Crippen LogP contribution >= 0.6 is 0 Å². The van der Waals surface area contributed by atoms with Gasteiger partial charge in [-0.1, -0.05) is 44.2 Å². The number of nitrogens with one attached hydrogen (secondary N) is 1. The van der Waals surface area contributed by atoms with E-state index in [4.69, 9.17) is 0 Å². The van der Waals surface area contributed by atoms with Crippen molar-refractivity contribution < 1.29 is 4.79 Å². The van der Waals surface area contributed by atoms with Gasteiger partial charge in [0.15, 0.2) is 0 Å². The van der Waals surface area contributed by atoms with E-state index in [0.29, 0.717) is 18.9 Å². The minimum absolute atomic E-state index is 0.111. The summed E-state index contributed by atoms with van der Waals surface area (Å²) in [4.78, 5) is 29.0. The van der Waals surface area contributed by atoms with Crippen LogP contribution in [0.2, 0.25) is 0 Å². The summed E-state index contributed by atoms with van der Waals surface area (Å²) in [5, 5.41) is 2.96. The predicted octanol–water partition coefficient (Wildman–Crippen LogP) is 4.23. The molecule has 3 heterocycles. The van der Waals surface area contributed by atoms with Crippen molar-refractivity contribution in [2.75, 3.05) is 20.1 Å². The zero-order chi connectivity index (χ0) is 23.3. The third-order valence-electron chi connectivity index (χ3n) is 6.53. The Morgan fingerprint density at radius 3 is 2.61 bits per heavy atom. The minimum atomic E-state index is -0.482. The van der Waals surface area contributed by atoms with Gasteiger partial charge in [-0.3, -0.25) is 14.7 Å². The molecule has 1 saturated heterocycles. The number of carbonyl (C=O) groups is 1. The van der Waals surface area contributed by atoms with Gasteiger partial charge in [-0.15, -0.1) is 0 Å². The van der Waals surface area contributed by atoms with Gasteiger partial charge in [0, 0.05) is 62.0 Å². The van der Waals surface area contributed by atoms with Gasteiger partial charge in [0.05, 0.1) is 5.41 Å². The fraction of sp³-hybridized carbons (Fsp3) is 0.407. The molecule has 1 fully saturated rings. The van der Waals surface area contributed by atoms with Crippen molar-refractivity contribution >= 4 is 5.91 Å². The number of rotatable bonds is 7. The van der Waals surface area contributed by atoms with Crippen molar-refractivity contribution in [3.05, 3.63) is 78.1 Å². The molecule has 0 spiro atoms. The highest BCUT2D eigenvalue weighted by Gasteiger charge is 2.42. The van der Waals surface area contributed by atoms with E-state index < -0.39 is 5.41 Å². The Hall–Kier alpha value is -3.12. The van der Waals surface area contributed by atoms with E-state index in [2.05, 4.69) is 63.3 Å². The highest BCUT2D eigenvalue weighted by atomic mass is 16.2. The number of pyridine rings is 1. The summed E-state index contributed by atoms with van der Waals surface area (Å²) in [6.07, 6.45) is 10.1. The Balaban J connectivity index is 1.58. The first-order chi connectivity index (χ1) is 16.0. The summed E-state index contributed by atoms with van der Waals surface area (Å²) < 4.78 is 0. The van der Waals surface area contributed by atoms with Gasteiger partial charge in [-0.25, -0.2) is 9.97 Å². The maximum absolute atomic E-state index is 13.3. The van der Waals surface area contributed by atoms with Gasteiger partial charge < -0.3 is 5.32 Å². The number of hydrogen-bond acceptors (Lipinski definition) is 5. The lowest BCUT2D eigenvalue weighted by molar-refractivity contribution is -0.134. The first-order valence-corrected chi connectivity index (χ1v) is 11.7. The first-order valence-electron chi connectivity index (χ1n) is 11.7. The number of benzene rings is 1. The highest BCUT2D eigenvalue weighted by Crippen LogP contribution is 2.37. The standard InChI is InChI=1S/C27H33N5O/c1-20(2)25-30-15-21(16-31-25)18-32-13-7-11-27(19-32,26(33)28-3)14-22-8-4-5-10-24(22)23-9-6-12-29-17-23/h4-6,8-10,12,15-17,20H,7,11,13-14,18-19H2,1-3H3,(H,28,33)/t27-/m0/s1. The molecular formula is C27H33N5O. The van der Waals surface area contributed by atoms with Crippen LogP contribution in [0, 0.1) is 5.41 Å². The van der Waals surface area contributed by atoms with Gasteiger partial charge in [-0.2, -0.15) is 0 Å². The summed E-state index contributed by atoms with van der Waals surface area (Å²) in [6.45, 7) is 6.62. The summed E-state index contributed by atoms with van der Waals surface area (Å²) in [7, 11) is 1.74. The van der Waals surface area contributed by atoms with Crippen LogP contribution in [0.15, 0.2) is 61.2 Å². The predicted molar refractivity (Wildman–Crippen MR) is 131 cm³/mol. The van der Waals surface area contributed by atoms with E-state index in [1.165, 1.54) is 5.56 Å². The van der Waals surface area contributed by atoms with Crippen molar-refractivity contribution in [2.24, 2.45) is 5.41 Å². The molecule has 172 valence electrons. The molecule has 1 aliphatic rings. The number of hydrogen-bond donors (Lipinski definition) is 1.